The molecule has 0 aromatic heterocycles. The molecule has 82 valence electrons. The average molecular weight is 206 g/mol. The predicted octanol–water partition coefficient (Wildman–Crippen LogP) is 1.15. The highest BCUT2D eigenvalue weighted by molar-refractivity contribution is 5.33. The minimum Gasteiger partial charge on any atom is -0.489 e. The van der Waals surface area contributed by atoms with Crippen LogP contribution in [0.5, 0.6) is 5.75 Å². The molecule has 1 aromatic carbocycles. The van der Waals surface area contributed by atoms with Crippen LogP contribution in [0.4, 0.5) is 0 Å². The maximum Gasteiger partial charge on any atom is 0.124 e. The number of nitrogens with one attached hydrogen (secondary N) is 2. The number of ether oxygens (including phenoxy) is 1. The van der Waals surface area contributed by atoms with Crippen molar-refractivity contribution in [3.8, 4) is 5.75 Å². The number of para-hydroxylation sites is 1. The van der Waals surface area contributed by atoms with Crippen LogP contribution in [-0.4, -0.2) is 26.2 Å². The summed E-state index contributed by atoms with van der Waals surface area (Å²) < 4.78 is 5.96. The van der Waals surface area contributed by atoms with Crippen LogP contribution in [0.15, 0.2) is 24.3 Å². The third-order valence-electron chi connectivity index (χ3n) is 2.65. The summed E-state index contributed by atoms with van der Waals surface area (Å²) in [6, 6.07) is 8.22. The molecule has 0 aliphatic carbocycles. The van der Waals surface area contributed by atoms with Crippen molar-refractivity contribution in [3.63, 3.8) is 0 Å². The highest BCUT2D eigenvalue weighted by Crippen LogP contribution is 2.20. The van der Waals surface area contributed by atoms with Gasteiger partial charge in [-0.3, -0.25) is 0 Å². The molecule has 0 unspecified atom stereocenters. The Kier molecular flexibility index (Phi) is 3.59. The summed E-state index contributed by atoms with van der Waals surface area (Å²) in [6.07, 6.45) is 1.44. The smallest absolute Gasteiger partial charge is 0.124 e. The van der Waals surface area contributed by atoms with Gasteiger partial charge in [-0.15, -0.1) is 0 Å². The van der Waals surface area contributed by atoms with Gasteiger partial charge in [0.05, 0.1) is 0 Å². The molecule has 0 spiro atoms. The molecule has 1 aliphatic rings. The average Bonchev–Trinajstić information content (AvgIpc) is 2.74. The molecule has 3 heteroatoms. The second kappa shape index (κ2) is 5.14. The zero-order chi connectivity index (χ0) is 10.5. The van der Waals surface area contributed by atoms with Gasteiger partial charge < -0.3 is 15.4 Å². The van der Waals surface area contributed by atoms with Crippen molar-refractivity contribution in [1.29, 1.82) is 0 Å². The van der Waals surface area contributed by atoms with Crippen LogP contribution in [0, 0.1) is 0 Å². The Morgan fingerprint density at radius 1 is 1.47 bits per heavy atom. The highest BCUT2D eigenvalue weighted by atomic mass is 16.5. The van der Waals surface area contributed by atoms with Crippen molar-refractivity contribution in [2.45, 2.75) is 19.1 Å². The van der Waals surface area contributed by atoms with Crippen LogP contribution in [-0.2, 0) is 6.54 Å². The van der Waals surface area contributed by atoms with Gasteiger partial charge in [-0.05, 0) is 26.1 Å². The first-order valence-electron chi connectivity index (χ1n) is 5.50. The van der Waals surface area contributed by atoms with Crippen molar-refractivity contribution < 1.29 is 4.74 Å². The first kappa shape index (κ1) is 10.5. The lowest BCUT2D eigenvalue weighted by Gasteiger charge is -2.15. The van der Waals surface area contributed by atoms with Crippen molar-refractivity contribution in [2.75, 3.05) is 20.1 Å². The lowest BCUT2D eigenvalue weighted by Crippen LogP contribution is -2.20. The summed E-state index contributed by atoms with van der Waals surface area (Å²) in [5.41, 5.74) is 1.23. The normalized spacial score (nSPS) is 20.5. The van der Waals surface area contributed by atoms with Crippen LogP contribution in [0.1, 0.15) is 12.0 Å². The third-order valence-corrected chi connectivity index (χ3v) is 2.65. The van der Waals surface area contributed by atoms with E-state index in [1.54, 1.807) is 0 Å². The zero-order valence-electron chi connectivity index (χ0n) is 9.12. The fraction of sp³-hybridized carbons (Fsp3) is 0.500. The van der Waals surface area contributed by atoms with Gasteiger partial charge in [-0.1, -0.05) is 18.2 Å². The minimum atomic E-state index is 0.336. The van der Waals surface area contributed by atoms with Gasteiger partial charge in [-0.2, -0.15) is 0 Å². The fourth-order valence-corrected chi connectivity index (χ4v) is 1.86. The van der Waals surface area contributed by atoms with Gasteiger partial charge >= 0.3 is 0 Å². The van der Waals surface area contributed by atoms with Crippen LogP contribution in [0.25, 0.3) is 0 Å². The largest absolute Gasteiger partial charge is 0.489 e. The molecule has 0 bridgehead atoms. The molecule has 15 heavy (non-hydrogen) atoms. The quantitative estimate of drug-likeness (QED) is 0.775. The number of hydrogen-bond donors (Lipinski definition) is 2. The molecule has 1 aliphatic heterocycles. The van der Waals surface area contributed by atoms with E-state index in [1.165, 1.54) is 5.56 Å². The van der Waals surface area contributed by atoms with Gasteiger partial charge in [0.1, 0.15) is 11.9 Å². The molecular formula is C12H18N2O. The van der Waals surface area contributed by atoms with Crippen LogP contribution >= 0.6 is 0 Å². The molecule has 0 amide bonds. The standard InChI is InChI=1S/C12H18N2O/c1-13-8-10-4-2-3-5-12(10)15-11-6-7-14-9-11/h2-5,11,13-14H,6-9H2,1H3/t11-/m1/s1. The lowest BCUT2D eigenvalue weighted by molar-refractivity contribution is 0.220. The Labute approximate surface area is 90.8 Å². The van der Waals surface area contributed by atoms with E-state index < -0.39 is 0 Å². The maximum absolute atomic E-state index is 5.96. The molecule has 1 fully saturated rings. The Balaban J connectivity index is 2.05. The first-order valence-corrected chi connectivity index (χ1v) is 5.50. The molecular weight excluding hydrogens is 188 g/mol. The van der Waals surface area contributed by atoms with E-state index in [9.17, 15) is 0 Å². The molecule has 1 saturated heterocycles. The Hall–Kier alpha value is -1.06. The minimum absolute atomic E-state index is 0.336. The SMILES string of the molecule is CNCc1ccccc1O[C@@H]1CCNC1. The molecule has 1 aromatic rings. The van der Waals surface area contributed by atoms with Crippen LogP contribution < -0.4 is 15.4 Å². The van der Waals surface area contributed by atoms with Crippen molar-refractivity contribution in [1.82, 2.24) is 10.6 Å². The van der Waals surface area contributed by atoms with Gasteiger partial charge in [0.15, 0.2) is 0 Å². The van der Waals surface area contributed by atoms with Gasteiger partial charge in [0, 0.05) is 18.7 Å². The summed E-state index contributed by atoms with van der Waals surface area (Å²) in [5, 5.41) is 6.46. The van der Waals surface area contributed by atoms with E-state index in [0.29, 0.717) is 6.10 Å². The fourth-order valence-electron chi connectivity index (χ4n) is 1.86. The summed E-state index contributed by atoms with van der Waals surface area (Å²) in [4.78, 5) is 0. The lowest BCUT2D eigenvalue weighted by atomic mass is 10.2. The van der Waals surface area contributed by atoms with E-state index >= 15 is 0 Å². The first-order chi connectivity index (χ1) is 7.40. The highest BCUT2D eigenvalue weighted by Gasteiger charge is 2.16. The van der Waals surface area contributed by atoms with Crippen molar-refractivity contribution in [3.05, 3.63) is 29.8 Å². The van der Waals surface area contributed by atoms with Crippen LogP contribution in [0.2, 0.25) is 0 Å². The number of hydrogen-bond acceptors (Lipinski definition) is 3. The van der Waals surface area contributed by atoms with E-state index in [2.05, 4.69) is 16.7 Å². The molecule has 1 atom stereocenters. The molecule has 2 rings (SSSR count). The molecule has 0 radical (unpaired) electrons. The van der Waals surface area contributed by atoms with E-state index in [1.807, 2.05) is 25.2 Å². The Morgan fingerprint density at radius 3 is 3.07 bits per heavy atom. The van der Waals surface area contributed by atoms with Crippen LogP contribution in [0.3, 0.4) is 0 Å². The monoisotopic (exact) mass is 206 g/mol. The number of benzene rings is 1. The summed E-state index contributed by atoms with van der Waals surface area (Å²) in [7, 11) is 1.95. The summed E-state index contributed by atoms with van der Waals surface area (Å²) in [6.45, 7) is 2.89. The molecule has 0 saturated carbocycles. The van der Waals surface area contributed by atoms with Gasteiger partial charge in [0.25, 0.3) is 0 Å². The second-order valence-corrected chi connectivity index (χ2v) is 3.87. The molecule has 2 N–H and O–H groups in total. The van der Waals surface area contributed by atoms with E-state index in [4.69, 9.17) is 4.74 Å². The predicted molar refractivity (Wildman–Crippen MR) is 61.1 cm³/mol. The third kappa shape index (κ3) is 2.70. The topological polar surface area (TPSA) is 33.3 Å². The Morgan fingerprint density at radius 2 is 2.33 bits per heavy atom. The summed E-state index contributed by atoms with van der Waals surface area (Å²) >= 11 is 0. The molecule has 3 nitrogen and oxygen atoms in total. The maximum atomic E-state index is 5.96. The van der Waals surface area contributed by atoms with Crippen molar-refractivity contribution in [2.24, 2.45) is 0 Å². The second-order valence-electron chi connectivity index (χ2n) is 3.87. The summed E-state index contributed by atoms with van der Waals surface area (Å²) in [5.74, 6) is 1.01. The van der Waals surface area contributed by atoms with Gasteiger partial charge in [-0.25, -0.2) is 0 Å². The van der Waals surface area contributed by atoms with E-state index in [-0.39, 0.29) is 0 Å². The van der Waals surface area contributed by atoms with E-state index in [0.717, 1.165) is 31.8 Å². The Bertz CT molecular complexity index is 308. The van der Waals surface area contributed by atoms with Crippen molar-refractivity contribution >= 4 is 0 Å². The van der Waals surface area contributed by atoms with Gasteiger partial charge in [0.2, 0.25) is 0 Å². The molecule has 1 heterocycles. The number of rotatable bonds is 4. The zero-order valence-corrected chi connectivity index (χ0v) is 9.12.